The molecule has 0 aliphatic rings. The normalized spacial score (nSPS) is 10.9. The molecule has 2 N–H and O–H groups in total. The summed E-state index contributed by atoms with van der Waals surface area (Å²) < 4.78 is 11.6. The maximum Gasteiger partial charge on any atom is 0.339 e. The van der Waals surface area contributed by atoms with Crippen molar-refractivity contribution in [1.29, 1.82) is 0 Å². The highest BCUT2D eigenvalue weighted by molar-refractivity contribution is 5.98. The fourth-order valence-electron chi connectivity index (χ4n) is 4.32. The van der Waals surface area contributed by atoms with Crippen LogP contribution >= 0.6 is 0 Å². The van der Waals surface area contributed by atoms with Gasteiger partial charge in [0.2, 0.25) is 0 Å². The van der Waals surface area contributed by atoms with Crippen LogP contribution in [0.3, 0.4) is 0 Å². The molecule has 1 aromatic rings. The maximum atomic E-state index is 11.7. The molecule has 0 amide bonds. The molecule has 0 unspecified atom stereocenters. The molecule has 0 saturated heterocycles. The Labute approximate surface area is 218 Å². The number of unbranched alkanes of at least 4 members (excludes halogenated alkanes) is 16. The van der Waals surface area contributed by atoms with Gasteiger partial charge in [-0.25, -0.2) is 9.59 Å². The van der Waals surface area contributed by atoms with E-state index in [0.29, 0.717) is 13.2 Å². The van der Waals surface area contributed by atoms with Crippen LogP contribution in [0.2, 0.25) is 0 Å². The van der Waals surface area contributed by atoms with Gasteiger partial charge >= 0.3 is 11.9 Å². The highest BCUT2D eigenvalue weighted by Gasteiger charge is 2.21. The monoisotopic (exact) mass is 506 g/mol. The number of carboxylic acid groups (broad SMARTS) is 2. The first kappa shape index (κ1) is 31.8. The van der Waals surface area contributed by atoms with Crippen molar-refractivity contribution in [3.63, 3.8) is 0 Å². The second kappa shape index (κ2) is 20.9. The second-order valence-corrected chi connectivity index (χ2v) is 9.81. The number of hydrogen-bond acceptors (Lipinski definition) is 4. The van der Waals surface area contributed by atoms with Crippen LogP contribution in [0.15, 0.2) is 12.1 Å². The smallest absolute Gasteiger partial charge is 0.339 e. The average molecular weight is 507 g/mol. The van der Waals surface area contributed by atoms with E-state index < -0.39 is 11.9 Å². The van der Waals surface area contributed by atoms with Gasteiger partial charge in [-0.15, -0.1) is 0 Å². The van der Waals surface area contributed by atoms with E-state index in [-0.39, 0.29) is 22.6 Å². The van der Waals surface area contributed by atoms with Crippen LogP contribution in [-0.4, -0.2) is 35.4 Å². The number of benzene rings is 1. The second-order valence-electron chi connectivity index (χ2n) is 9.81. The third-order valence-corrected chi connectivity index (χ3v) is 6.55. The lowest BCUT2D eigenvalue weighted by Gasteiger charge is -2.15. The van der Waals surface area contributed by atoms with Crippen molar-refractivity contribution in [1.82, 2.24) is 0 Å². The first-order chi connectivity index (χ1) is 17.5. The molecule has 0 aromatic heterocycles. The summed E-state index contributed by atoms with van der Waals surface area (Å²) in [4.78, 5) is 23.4. The highest BCUT2D eigenvalue weighted by Crippen LogP contribution is 2.30. The van der Waals surface area contributed by atoms with E-state index in [9.17, 15) is 19.8 Å². The molecule has 1 aromatic carbocycles. The Hall–Kier alpha value is -2.24. The van der Waals surface area contributed by atoms with Gasteiger partial charge in [-0.2, -0.15) is 0 Å². The van der Waals surface area contributed by atoms with E-state index in [1.54, 1.807) is 0 Å². The van der Waals surface area contributed by atoms with Crippen molar-refractivity contribution in [2.24, 2.45) is 0 Å². The largest absolute Gasteiger partial charge is 0.493 e. The summed E-state index contributed by atoms with van der Waals surface area (Å²) in [6.07, 6.45) is 21.3. The quantitative estimate of drug-likeness (QED) is 0.136. The SMILES string of the molecule is CCCCCCCCCCCOc1cc(OCCCCCCCCCCC)c(C(=O)O)cc1C(=O)O. The Bertz CT molecular complexity index is 673. The summed E-state index contributed by atoms with van der Waals surface area (Å²) in [5, 5.41) is 19.1. The molecule has 0 bridgehead atoms. The zero-order chi connectivity index (χ0) is 26.4. The van der Waals surface area contributed by atoms with E-state index in [0.717, 1.165) is 44.6 Å². The van der Waals surface area contributed by atoms with Crippen molar-refractivity contribution < 1.29 is 29.3 Å². The standard InChI is InChI=1S/C30H50O6/c1-3-5-7-9-11-13-15-17-19-21-35-27-24-28(26(30(33)34)23-25(27)29(31)32)36-22-20-18-16-14-12-10-8-6-4-2/h23-24H,3-22H2,1-2H3,(H,31,32)(H,33,34). The third kappa shape index (κ3) is 14.4. The zero-order valence-electron chi connectivity index (χ0n) is 22.8. The molecule has 0 saturated carbocycles. The molecule has 1 rings (SSSR count). The van der Waals surface area contributed by atoms with Crippen molar-refractivity contribution in [3.05, 3.63) is 23.3 Å². The van der Waals surface area contributed by atoms with Crippen LogP contribution in [0.25, 0.3) is 0 Å². The minimum absolute atomic E-state index is 0.140. The van der Waals surface area contributed by atoms with Crippen molar-refractivity contribution in [3.8, 4) is 11.5 Å². The lowest BCUT2D eigenvalue weighted by molar-refractivity contribution is 0.0692. The van der Waals surface area contributed by atoms with Gasteiger partial charge in [-0.05, 0) is 18.9 Å². The predicted molar refractivity (Wildman–Crippen MR) is 146 cm³/mol. The number of aromatic carboxylic acids is 2. The molecular formula is C30H50O6. The number of hydrogen-bond donors (Lipinski definition) is 2. The van der Waals surface area contributed by atoms with E-state index in [1.807, 2.05) is 0 Å². The number of carboxylic acids is 2. The third-order valence-electron chi connectivity index (χ3n) is 6.55. The minimum atomic E-state index is -1.20. The molecule has 36 heavy (non-hydrogen) atoms. The van der Waals surface area contributed by atoms with Crippen LogP contribution in [-0.2, 0) is 0 Å². The molecule has 0 heterocycles. The van der Waals surface area contributed by atoms with Crippen LogP contribution in [0, 0.1) is 0 Å². The van der Waals surface area contributed by atoms with Crippen LogP contribution in [0.1, 0.15) is 150 Å². The molecule has 0 fully saturated rings. The Balaban J connectivity index is 2.48. The predicted octanol–water partition coefficient (Wildman–Crippen LogP) is 8.90. The molecular weight excluding hydrogens is 456 g/mol. The fourth-order valence-corrected chi connectivity index (χ4v) is 4.32. The molecule has 0 aliphatic carbocycles. The highest BCUT2D eigenvalue weighted by atomic mass is 16.5. The summed E-state index contributed by atoms with van der Waals surface area (Å²) in [6, 6.07) is 2.59. The zero-order valence-corrected chi connectivity index (χ0v) is 22.8. The summed E-state index contributed by atoms with van der Waals surface area (Å²) in [6.45, 7) is 5.25. The van der Waals surface area contributed by atoms with Gasteiger partial charge in [-0.1, -0.05) is 117 Å². The van der Waals surface area contributed by atoms with Gasteiger partial charge in [-0.3, -0.25) is 0 Å². The Morgan fingerprint density at radius 3 is 1.14 bits per heavy atom. The van der Waals surface area contributed by atoms with Gasteiger partial charge in [0.1, 0.15) is 22.6 Å². The molecule has 0 atom stereocenters. The minimum Gasteiger partial charge on any atom is -0.493 e. The molecule has 0 radical (unpaired) electrons. The van der Waals surface area contributed by atoms with Gasteiger partial charge < -0.3 is 19.7 Å². The van der Waals surface area contributed by atoms with E-state index in [4.69, 9.17) is 9.47 Å². The molecule has 206 valence electrons. The van der Waals surface area contributed by atoms with E-state index in [2.05, 4.69) is 13.8 Å². The molecule has 6 nitrogen and oxygen atoms in total. The van der Waals surface area contributed by atoms with Gasteiger partial charge in [0, 0.05) is 6.07 Å². The van der Waals surface area contributed by atoms with E-state index >= 15 is 0 Å². The van der Waals surface area contributed by atoms with Crippen molar-refractivity contribution in [2.75, 3.05) is 13.2 Å². The fraction of sp³-hybridized carbons (Fsp3) is 0.733. The number of rotatable bonds is 24. The topological polar surface area (TPSA) is 93.1 Å². The average Bonchev–Trinajstić information content (AvgIpc) is 2.85. The van der Waals surface area contributed by atoms with Gasteiger partial charge in [0.15, 0.2) is 0 Å². The van der Waals surface area contributed by atoms with Crippen LogP contribution in [0.4, 0.5) is 0 Å². The van der Waals surface area contributed by atoms with Gasteiger partial charge in [0.05, 0.1) is 13.2 Å². The van der Waals surface area contributed by atoms with Crippen molar-refractivity contribution >= 4 is 11.9 Å². The Kier molecular flexibility index (Phi) is 18.5. The summed E-state index contributed by atoms with van der Waals surface area (Å²) in [5.41, 5.74) is -0.280. The van der Waals surface area contributed by atoms with Crippen molar-refractivity contribution in [2.45, 2.75) is 129 Å². The van der Waals surface area contributed by atoms with Gasteiger partial charge in [0.25, 0.3) is 0 Å². The lowest BCUT2D eigenvalue weighted by atomic mass is 10.1. The number of ether oxygens (including phenoxy) is 2. The molecule has 0 spiro atoms. The first-order valence-corrected chi connectivity index (χ1v) is 14.4. The Morgan fingerprint density at radius 2 is 0.833 bits per heavy atom. The van der Waals surface area contributed by atoms with Crippen LogP contribution in [0.5, 0.6) is 11.5 Å². The molecule has 6 heteroatoms. The summed E-state index contributed by atoms with van der Waals surface area (Å²) >= 11 is 0. The maximum absolute atomic E-state index is 11.7. The first-order valence-electron chi connectivity index (χ1n) is 14.4. The lowest BCUT2D eigenvalue weighted by Crippen LogP contribution is -2.10. The number of carbonyl (C=O) groups is 2. The Morgan fingerprint density at radius 1 is 0.528 bits per heavy atom. The molecule has 0 aliphatic heterocycles. The summed E-state index contributed by atoms with van der Waals surface area (Å²) in [5.74, 6) is -2.06. The van der Waals surface area contributed by atoms with E-state index in [1.165, 1.54) is 83.1 Å². The van der Waals surface area contributed by atoms with Crippen LogP contribution < -0.4 is 9.47 Å². The summed E-state index contributed by atoms with van der Waals surface area (Å²) in [7, 11) is 0.